The van der Waals surface area contributed by atoms with Crippen molar-refractivity contribution in [3.05, 3.63) is 35.1 Å². The zero-order valence-corrected chi connectivity index (χ0v) is 12.1. The Balaban J connectivity index is 1.99. The lowest BCUT2D eigenvalue weighted by molar-refractivity contribution is 0.0522. The van der Waals surface area contributed by atoms with E-state index in [2.05, 4.69) is 5.32 Å². The average Bonchev–Trinajstić information content (AvgIpc) is 3.05. The topological polar surface area (TPSA) is 75.6 Å². The van der Waals surface area contributed by atoms with Crippen molar-refractivity contribution in [1.82, 2.24) is 5.32 Å². The van der Waals surface area contributed by atoms with Gasteiger partial charge in [-0.2, -0.15) is 0 Å². The smallest absolute Gasteiger partial charge is 0.407 e. The van der Waals surface area contributed by atoms with Gasteiger partial charge >= 0.3 is 12.1 Å². The first-order valence-corrected chi connectivity index (χ1v) is 6.69. The maximum absolute atomic E-state index is 13.3. The van der Waals surface area contributed by atoms with E-state index in [9.17, 15) is 14.0 Å². The van der Waals surface area contributed by atoms with Gasteiger partial charge in [-0.1, -0.05) is 6.07 Å². The number of nitrogens with one attached hydrogen (secondary N) is 1. The Morgan fingerprint density at radius 1 is 1.38 bits per heavy atom. The third-order valence-corrected chi connectivity index (χ3v) is 3.14. The summed E-state index contributed by atoms with van der Waals surface area (Å²) in [5, 5.41) is 11.6. The fraction of sp³-hybridized carbons (Fsp3) is 0.467. The summed E-state index contributed by atoms with van der Waals surface area (Å²) >= 11 is 0. The molecule has 1 aliphatic carbocycles. The highest BCUT2D eigenvalue weighted by Gasteiger charge is 2.40. The van der Waals surface area contributed by atoms with Crippen LogP contribution in [0.4, 0.5) is 9.18 Å². The molecule has 0 radical (unpaired) electrons. The molecule has 2 rings (SSSR count). The fourth-order valence-corrected chi connectivity index (χ4v) is 2.12. The first-order chi connectivity index (χ1) is 9.67. The third kappa shape index (κ3) is 3.93. The Hall–Kier alpha value is -2.11. The van der Waals surface area contributed by atoms with Gasteiger partial charge in [0.1, 0.15) is 11.4 Å². The van der Waals surface area contributed by atoms with E-state index in [1.807, 2.05) is 0 Å². The van der Waals surface area contributed by atoms with Crippen LogP contribution in [0.25, 0.3) is 0 Å². The molecule has 0 aliphatic heterocycles. The lowest BCUT2D eigenvalue weighted by Gasteiger charge is -2.19. The van der Waals surface area contributed by atoms with E-state index in [1.165, 1.54) is 6.07 Å². The molecule has 0 spiro atoms. The van der Waals surface area contributed by atoms with Gasteiger partial charge in [0.05, 0.1) is 5.56 Å². The molecule has 1 amide bonds. The predicted octanol–water partition coefficient (Wildman–Crippen LogP) is 2.90. The number of rotatable bonds is 3. The zero-order valence-electron chi connectivity index (χ0n) is 12.1. The molecule has 0 saturated heterocycles. The standard InChI is InChI=1S/C15H18FNO4/c1-15(2,3)21-14(20)17-12-7-9(12)8-4-5-11(16)10(6-8)13(18)19/h4-6,9,12H,7H2,1-3H3,(H,17,20)(H,18,19). The Bertz CT molecular complexity index is 580. The Morgan fingerprint density at radius 3 is 2.62 bits per heavy atom. The van der Waals surface area contributed by atoms with Gasteiger partial charge in [-0.3, -0.25) is 0 Å². The van der Waals surface area contributed by atoms with Crippen LogP contribution in [0.15, 0.2) is 18.2 Å². The number of carbonyl (C=O) groups is 2. The SMILES string of the molecule is CC(C)(C)OC(=O)NC1CC1c1ccc(F)c(C(=O)O)c1. The van der Waals surface area contributed by atoms with Gasteiger partial charge in [0.15, 0.2) is 0 Å². The van der Waals surface area contributed by atoms with Gasteiger partial charge in [-0.25, -0.2) is 14.0 Å². The molecule has 6 heteroatoms. The number of ether oxygens (including phenoxy) is 1. The quantitative estimate of drug-likeness (QED) is 0.899. The molecule has 1 aliphatic rings. The molecular formula is C15H18FNO4. The van der Waals surface area contributed by atoms with Crippen LogP contribution in [-0.4, -0.2) is 28.8 Å². The molecule has 2 unspecified atom stereocenters. The molecule has 1 saturated carbocycles. The van der Waals surface area contributed by atoms with Crippen molar-refractivity contribution in [2.75, 3.05) is 0 Å². The third-order valence-electron chi connectivity index (χ3n) is 3.14. The van der Waals surface area contributed by atoms with E-state index < -0.39 is 23.5 Å². The maximum Gasteiger partial charge on any atom is 0.407 e. The summed E-state index contributed by atoms with van der Waals surface area (Å²) in [5.41, 5.74) is -0.217. The fourth-order valence-electron chi connectivity index (χ4n) is 2.12. The lowest BCUT2D eigenvalue weighted by Crippen LogP contribution is -2.34. The number of hydrogen-bond donors (Lipinski definition) is 2. The Kier molecular flexibility index (Phi) is 3.89. The van der Waals surface area contributed by atoms with Crippen LogP contribution in [0.5, 0.6) is 0 Å². The predicted molar refractivity (Wildman–Crippen MR) is 73.9 cm³/mol. The number of carbonyl (C=O) groups excluding carboxylic acids is 1. The van der Waals surface area contributed by atoms with Gasteiger partial charge in [-0.05, 0) is 44.9 Å². The van der Waals surface area contributed by atoms with E-state index in [0.717, 1.165) is 6.07 Å². The molecule has 0 bridgehead atoms. The summed E-state index contributed by atoms with van der Waals surface area (Å²) in [4.78, 5) is 22.5. The first-order valence-electron chi connectivity index (χ1n) is 6.69. The Morgan fingerprint density at radius 2 is 2.05 bits per heavy atom. The van der Waals surface area contributed by atoms with Gasteiger partial charge in [-0.15, -0.1) is 0 Å². The largest absolute Gasteiger partial charge is 0.478 e. The van der Waals surface area contributed by atoms with Crippen molar-refractivity contribution < 1.29 is 23.8 Å². The summed E-state index contributed by atoms with van der Waals surface area (Å²) in [6.45, 7) is 5.32. The molecular weight excluding hydrogens is 277 g/mol. The molecule has 5 nitrogen and oxygen atoms in total. The monoisotopic (exact) mass is 295 g/mol. The van der Waals surface area contributed by atoms with Crippen LogP contribution in [0.2, 0.25) is 0 Å². The highest BCUT2D eigenvalue weighted by atomic mass is 19.1. The molecule has 114 valence electrons. The van der Waals surface area contributed by atoms with Crippen molar-refractivity contribution >= 4 is 12.1 Å². The first kappa shape index (κ1) is 15.3. The minimum atomic E-state index is -1.30. The van der Waals surface area contributed by atoms with Gasteiger partial charge < -0.3 is 15.2 Å². The van der Waals surface area contributed by atoms with Crippen molar-refractivity contribution in [3.8, 4) is 0 Å². The second kappa shape index (κ2) is 5.35. The summed E-state index contributed by atoms with van der Waals surface area (Å²) in [6.07, 6.45) is 0.180. The highest BCUT2D eigenvalue weighted by Crippen LogP contribution is 2.41. The second-order valence-corrected chi connectivity index (χ2v) is 6.14. The highest BCUT2D eigenvalue weighted by molar-refractivity contribution is 5.88. The number of aromatic carboxylic acids is 1. The zero-order chi connectivity index (χ0) is 15.8. The number of amides is 1. The van der Waals surface area contributed by atoms with Crippen LogP contribution in [-0.2, 0) is 4.74 Å². The van der Waals surface area contributed by atoms with Gasteiger partial charge in [0, 0.05) is 12.0 Å². The molecule has 0 heterocycles. The lowest BCUT2D eigenvalue weighted by atomic mass is 10.1. The summed E-state index contributed by atoms with van der Waals surface area (Å²) in [6, 6.07) is 3.90. The van der Waals surface area contributed by atoms with E-state index in [4.69, 9.17) is 9.84 Å². The van der Waals surface area contributed by atoms with E-state index in [0.29, 0.717) is 12.0 Å². The van der Waals surface area contributed by atoms with Crippen molar-refractivity contribution in [3.63, 3.8) is 0 Å². The summed E-state index contributed by atoms with van der Waals surface area (Å²) < 4.78 is 18.5. The number of carboxylic acid groups (broad SMARTS) is 1. The van der Waals surface area contributed by atoms with Crippen LogP contribution in [0.3, 0.4) is 0 Å². The molecule has 1 aromatic carbocycles. The number of benzene rings is 1. The number of carboxylic acids is 1. The van der Waals surface area contributed by atoms with E-state index >= 15 is 0 Å². The molecule has 2 atom stereocenters. The molecule has 0 aromatic heterocycles. The maximum atomic E-state index is 13.3. The molecule has 21 heavy (non-hydrogen) atoms. The summed E-state index contributed by atoms with van der Waals surface area (Å²) in [7, 11) is 0. The van der Waals surface area contributed by atoms with Crippen LogP contribution >= 0.6 is 0 Å². The van der Waals surface area contributed by atoms with Crippen LogP contribution in [0, 0.1) is 5.82 Å². The van der Waals surface area contributed by atoms with Crippen LogP contribution < -0.4 is 5.32 Å². The Labute approximate surface area is 122 Å². The minimum absolute atomic E-state index is 0.00350. The van der Waals surface area contributed by atoms with Crippen molar-refractivity contribution in [2.45, 2.75) is 44.8 Å². The minimum Gasteiger partial charge on any atom is -0.478 e. The van der Waals surface area contributed by atoms with E-state index in [1.54, 1.807) is 26.8 Å². The van der Waals surface area contributed by atoms with Crippen molar-refractivity contribution in [2.24, 2.45) is 0 Å². The van der Waals surface area contributed by atoms with Crippen LogP contribution in [0.1, 0.15) is 49.0 Å². The van der Waals surface area contributed by atoms with Crippen molar-refractivity contribution in [1.29, 1.82) is 0 Å². The number of alkyl carbamates (subject to hydrolysis) is 1. The second-order valence-electron chi connectivity index (χ2n) is 6.14. The summed E-state index contributed by atoms with van der Waals surface area (Å²) in [5.74, 6) is -2.06. The van der Waals surface area contributed by atoms with E-state index in [-0.39, 0.29) is 17.5 Å². The number of hydrogen-bond acceptors (Lipinski definition) is 3. The molecule has 2 N–H and O–H groups in total. The normalized spacial score (nSPS) is 20.8. The van der Waals surface area contributed by atoms with Gasteiger partial charge in [0.25, 0.3) is 0 Å². The average molecular weight is 295 g/mol. The van der Waals surface area contributed by atoms with Gasteiger partial charge in [0.2, 0.25) is 0 Å². The number of halogens is 1. The molecule has 1 fully saturated rings. The molecule has 1 aromatic rings.